The number of hydrogen-bond acceptors (Lipinski definition) is 3. The third-order valence-corrected chi connectivity index (χ3v) is 3.34. The molecule has 0 aliphatic carbocycles. The molecule has 3 atom stereocenters. The van der Waals surface area contributed by atoms with Crippen LogP contribution in [0.15, 0.2) is 0 Å². The largest absolute Gasteiger partial charge is 0.375 e. The number of rotatable bonds is 0. The van der Waals surface area contributed by atoms with Crippen molar-refractivity contribution < 1.29 is 14.2 Å². The minimum absolute atomic E-state index is 0.0208. The highest BCUT2D eigenvalue weighted by Gasteiger charge is 2.60. The van der Waals surface area contributed by atoms with Crippen LogP contribution in [-0.2, 0) is 14.2 Å². The molecule has 3 saturated heterocycles. The average Bonchev–Trinajstić information content (AvgIpc) is 2.39. The molecular formula is C9H14O3. The van der Waals surface area contributed by atoms with E-state index in [0.717, 1.165) is 32.5 Å². The van der Waals surface area contributed by atoms with Crippen molar-refractivity contribution in [3.8, 4) is 0 Å². The molecule has 3 fully saturated rings. The molecule has 0 radical (unpaired) electrons. The Labute approximate surface area is 72.0 Å². The summed E-state index contributed by atoms with van der Waals surface area (Å²) in [5, 5.41) is 0. The molecule has 3 nitrogen and oxygen atoms in total. The van der Waals surface area contributed by atoms with Crippen molar-refractivity contribution in [2.24, 2.45) is 0 Å². The normalized spacial score (nSPS) is 57.2. The summed E-state index contributed by atoms with van der Waals surface area (Å²) in [5.74, 6) is -0.344. The molecule has 12 heavy (non-hydrogen) atoms. The first-order valence-electron chi connectivity index (χ1n) is 4.68. The monoisotopic (exact) mass is 170 g/mol. The molecule has 3 heteroatoms. The number of ether oxygens (including phenoxy) is 3. The molecule has 0 amide bonds. The summed E-state index contributed by atoms with van der Waals surface area (Å²) >= 11 is 0. The predicted molar refractivity (Wildman–Crippen MR) is 41.8 cm³/mol. The van der Waals surface area contributed by atoms with Gasteiger partial charge in [-0.15, -0.1) is 0 Å². The highest BCUT2D eigenvalue weighted by atomic mass is 16.7. The van der Waals surface area contributed by atoms with Crippen LogP contribution in [0.2, 0.25) is 0 Å². The SMILES string of the molecule is C[C@]12C[C@H]3OCC[C@]3(CCO1)O2. The summed E-state index contributed by atoms with van der Waals surface area (Å²) < 4.78 is 17.2. The zero-order valence-electron chi connectivity index (χ0n) is 7.34. The lowest BCUT2D eigenvalue weighted by Crippen LogP contribution is -2.43. The first kappa shape index (κ1) is 7.30. The van der Waals surface area contributed by atoms with Gasteiger partial charge in [0, 0.05) is 25.9 Å². The summed E-state index contributed by atoms with van der Waals surface area (Å²) in [5.41, 5.74) is 0.0208. The molecular weight excluding hydrogens is 156 g/mol. The summed E-state index contributed by atoms with van der Waals surface area (Å²) in [4.78, 5) is 0. The Morgan fingerprint density at radius 1 is 1.25 bits per heavy atom. The van der Waals surface area contributed by atoms with Crippen LogP contribution in [0.25, 0.3) is 0 Å². The molecule has 2 bridgehead atoms. The van der Waals surface area contributed by atoms with Crippen LogP contribution < -0.4 is 0 Å². The highest BCUT2D eigenvalue weighted by Crippen LogP contribution is 2.50. The maximum atomic E-state index is 5.95. The van der Waals surface area contributed by atoms with Crippen molar-refractivity contribution in [2.75, 3.05) is 13.2 Å². The van der Waals surface area contributed by atoms with Crippen LogP contribution in [-0.4, -0.2) is 30.7 Å². The van der Waals surface area contributed by atoms with Gasteiger partial charge in [0.05, 0.1) is 12.7 Å². The van der Waals surface area contributed by atoms with E-state index in [1.807, 2.05) is 6.92 Å². The maximum Gasteiger partial charge on any atom is 0.168 e. The van der Waals surface area contributed by atoms with Crippen LogP contribution in [0, 0.1) is 0 Å². The number of fused-ring (bicyclic) bond motifs is 1. The zero-order valence-corrected chi connectivity index (χ0v) is 7.34. The quantitative estimate of drug-likeness (QED) is 0.544. The van der Waals surface area contributed by atoms with Gasteiger partial charge in [0.1, 0.15) is 5.60 Å². The Kier molecular flexibility index (Phi) is 1.23. The molecule has 0 unspecified atom stereocenters. The molecule has 0 saturated carbocycles. The third-order valence-electron chi connectivity index (χ3n) is 3.34. The third kappa shape index (κ3) is 0.767. The first-order chi connectivity index (χ1) is 5.73. The van der Waals surface area contributed by atoms with Crippen molar-refractivity contribution in [1.29, 1.82) is 0 Å². The summed E-state index contributed by atoms with van der Waals surface area (Å²) in [6.45, 7) is 3.71. The van der Waals surface area contributed by atoms with Gasteiger partial charge >= 0.3 is 0 Å². The minimum atomic E-state index is -0.344. The van der Waals surface area contributed by atoms with E-state index in [4.69, 9.17) is 14.2 Å². The predicted octanol–water partition coefficient (Wildman–Crippen LogP) is 1.07. The Hall–Kier alpha value is -0.120. The number of hydrogen-bond donors (Lipinski definition) is 0. The van der Waals surface area contributed by atoms with Gasteiger partial charge in [-0.05, 0) is 6.92 Å². The lowest BCUT2D eigenvalue weighted by molar-refractivity contribution is -0.279. The lowest BCUT2D eigenvalue weighted by Gasteiger charge is -2.36. The highest BCUT2D eigenvalue weighted by molar-refractivity contribution is 5.04. The van der Waals surface area contributed by atoms with Crippen LogP contribution in [0.4, 0.5) is 0 Å². The lowest BCUT2D eigenvalue weighted by atomic mass is 9.93. The van der Waals surface area contributed by atoms with Crippen molar-refractivity contribution in [2.45, 2.75) is 43.7 Å². The average molecular weight is 170 g/mol. The van der Waals surface area contributed by atoms with Gasteiger partial charge in [-0.2, -0.15) is 0 Å². The standard InChI is InChI=1S/C9H14O3/c1-8-6-7-9(12-8,2-4-10-7)3-5-11-8/h7H,2-6H2,1H3/t7-,8+,9-/m1/s1. The minimum Gasteiger partial charge on any atom is -0.375 e. The molecule has 3 rings (SSSR count). The second kappa shape index (κ2) is 2.03. The maximum absolute atomic E-state index is 5.95. The van der Waals surface area contributed by atoms with E-state index in [9.17, 15) is 0 Å². The topological polar surface area (TPSA) is 27.7 Å². The van der Waals surface area contributed by atoms with Crippen LogP contribution in [0.3, 0.4) is 0 Å². The van der Waals surface area contributed by atoms with E-state index in [2.05, 4.69) is 0 Å². The Bertz CT molecular complexity index is 218. The van der Waals surface area contributed by atoms with Gasteiger partial charge < -0.3 is 14.2 Å². The molecule has 3 aliphatic heterocycles. The van der Waals surface area contributed by atoms with E-state index < -0.39 is 0 Å². The molecule has 1 spiro atoms. The van der Waals surface area contributed by atoms with Crippen molar-refractivity contribution >= 4 is 0 Å². The molecule has 0 aromatic carbocycles. The van der Waals surface area contributed by atoms with E-state index in [0.29, 0.717) is 6.10 Å². The molecule has 68 valence electrons. The van der Waals surface area contributed by atoms with Crippen molar-refractivity contribution in [3.05, 3.63) is 0 Å². The first-order valence-corrected chi connectivity index (χ1v) is 4.68. The molecule has 0 aromatic rings. The van der Waals surface area contributed by atoms with E-state index in [1.54, 1.807) is 0 Å². The second-order valence-electron chi connectivity index (χ2n) is 4.21. The van der Waals surface area contributed by atoms with Gasteiger partial charge in [0.25, 0.3) is 0 Å². The van der Waals surface area contributed by atoms with Gasteiger partial charge in [-0.1, -0.05) is 0 Å². The van der Waals surface area contributed by atoms with E-state index >= 15 is 0 Å². The molecule has 3 aliphatic rings. The van der Waals surface area contributed by atoms with Crippen LogP contribution in [0.1, 0.15) is 26.2 Å². The fourth-order valence-corrected chi connectivity index (χ4v) is 2.72. The second-order valence-corrected chi connectivity index (χ2v) is 4.21. The smallest absolute Gasteiger partial charge is 0.168 e. The Morgan fingerprint density at radius 3 is 3.00 bits per heavy atom. The Morgan fingerprint density at radius 2 is 2.08 bits per heavy atom. The fourth-order valence-electron chi connectivity index (χ4n) is 2.72. The van der Waals surface area contributed by atoms with Crippen molar-refractivity contribution in [3.63, 3.8) is 0 Å². The summed E-state index contributed by atoms with van der Waals surface area (Å²) in [7, 11) is 0. The molecule has 0 N–H and O–H groups in total. The molecule has 3 heterocycles. The van der Waals surface area contributed by atoms with E-state index in [1.165, 1.54) is 0 Å². The summed E-state index contributed by atoms with van der Waals surface area (Å²) in [6.07, 6.45) is 3.27. The summed E-state index contributed by atoms with van der Waals surface area (Å²) in [6, 6.07) is 0. The zero-order chi connectivity index (χ0) is 8.23. The van der Waals surface area contributed by atoms with Crippen LogP contribution >= 0.6 is 0 Å². The van der Waals surface area contributed by atoms with E-state index in [-0.39, 0.29) is 11.4 Å². The van der Waals surface area contributed by atoms with Gasteiger partial charge in [0.2, 0.25) is 0 Å². The van der Waals surface area contributed by atoms with Gasteiger partial charge in [-0.3, -0.25) is 0 Å². The van der Waals surface area contributed by atoms with Gasteiger partial charge in [0.15, 0.2) is 5.79 Å². The van der Waals surface area contributed by atoms with Gasteiger partial charge in [-0.25, -0.2) is 0 Å². The van der Waals surface area contributed by atoms with Crippen molar-refractivity contribution in [1.82, 2.24) is 0 Å². The fraction of sp³-hybridized carbons (Fsp3) is 1.00. The Balaban J connectivity index is 1.97. The molecule has 0 aromatic heterocycles. The van der Waals surface area contributed by atoms with Crippen LogP contribution in [0.5, 0.6) is 0 Å².